The lowest BCUT2D eigenvalue weighted by Crippen LogP contribution is -2.22. The lowest BCUT2D eigenvalue weighted by Gasteiger charge is -2.20. The van der Waals surface area contributed by atoms with Crippen LogP contribution in [0.15, 0.2) is 46.9 Å². The van der Waals surface area contributed by atoms with E-state index in [1.54, 1.807) is 7.11 Å². The van der Waals surface area contributed by atoms with Gasteiger partial charge in [0.15, 0.2) is 11.5 Å². The summed E-state index contributed by atoms with van der Waals surface area (Å²) in [6, 6.07) is 13.3. The van der Waals surface area contributed by atoms with Crippen molar-refractivity contribution in [3.8, 4) is 11.5 Å². The van der Waals surface area contributed by atoms with E-state index in [1.807, 2.05) is 42.5 Å². The minimum atomic E-state index is -0.319. The summed E-state index contributed by atoms with van der Waals surface area (Å²) in [5, 5.41) is 0. The van der Waals surface area contributed by atoms with Gasteiger partial charge in [-0.2, -0.15) is 0 Å². The largest absolute Gasteiger partial charge is 0.493 e. The van der Waals surface area contributed by atoms with Gasteiger partial charge in [0, 0.05) is 22.6 Å². The highest BCUT2D eigenvalue weighted by atomic mass is 79.9. The zero-order valence-corrected chi connectivity index (χ0v) is 13.5. The number of methoxy groups -OCH3 is 1. The maximum atomic E-state index is 6.10. The fourth-order valence-electron chi connectivity index (χ4n) is 2.06. The molecule has 0 aliphatic heterocycles. The predicted molar refractivity (Wildman–Crippen MR) is 87.5 cm³/mol. The molecule has 0 aliphatic rings. The molecule has 21 heavy (non-hydrogen) atoms. The van der Waals surface area contributed by atoms with E-state index < -0.39 is 0 Å². The molecule has 112 valence electrons. The van der Waals surface area contributed by atoms with E-state index in [1.165, 1.54) is 0 Å². The van der Waals surface area contributed by atoms with Crippen LogP contribution in [0.3, 0.4) is 0 Å². The van der Waals surface area contributed by atoms with Crippen molar-refractivity contribution in [2.45, 2.75) is 12.6 Å². The van der Waals surface area contributed by atoms with Crippen molar-refractivity contribution in [3.63, 3.8) is 0 Å². The van der Waals surface area contributed by atoms with Crippen LogP contribution >= 0.6 is 15.9 Å². The third kappa shape index (κ3) is 3.75. The van der Waals surface area contributed by atoms with Crippen LogP contribution in [-0.4, -0.2) is 13.7 Å². The monoisotopic (exact) mass is 350 g/mol. The van der Waals surface area contributed by atoms with Crippen molar-refractivity contribution in [1.82, 2.24) is 0 Å². The topological polar surface area (TPSA) is 70.5 Å². The fourth-order valence-corrected chi connectivity index (χ4v) is 2.66. The van der Waals surface area contributed by atoms with Gasteiger partial charge < -0.3 is 20.9 Å². The Labute approximate surface area is 133 Å². The minimum Gasteiger partial charge on any atom is -0.493 e. The number of halogens is 1. The van der Waals surface area contributed by atoms with Crippen LogP contribution in [-0.2, 0) is 6.61 Å². The van der Waals surface area contributed by atoms with Crippen LogP contribution in [0.4, 0.5) is 0 Å². The number of ether oxygens (including phenoxy) is 2. The standard InChI is InChI=1S/C16H19BrN2O2/c1-20-14-8-7-12(17)15(13(19)9-18)16(14)21-10-11-5-3-2-4-6-11/h2-8,13H,9-10,18-19H2,1H3. The first-order valence-corrected chi connectivity index (χ1v) is 7.45. The zero-order valence-electron chi connectivity index (χ0n) is 11.9. The van der Waals surface area contributed by atoms with Gasteiger partial charge in [-0.15, -0.1) is 0 Å². The Kier molecular flexibility index (Phi) is 5.61. The van der Waals surface area contributed by atoms with E-state index >= 15 is 0 Å². The highest BCUT2D eigenvalue weighted by Gasteiger charge is 2.19. The molecular weight excluding hydrogens is 332 g/mol. The normalized spacial score (nSPS) is 12.0. The molecule has 4 nitrogen and oxygen atoms in total. The molecule has 2 rings (SSSR count). The molecule has 2 aromatic carbocycles. The molecule has 0 saturated heterocycles. The van der Waals surface area contributed by atoms with E-state index in [9.17, 15) is 0 Å². The van der Waals surface area contributed by atoms with Crippen LogP contribution < -0.4 is 20.9 Å². The third-order valence-electron chi connectivity index (χ3n) is 3.18. The summed E-state index contributed by atoms with van der Waals surface area (Å²) in [5.41, 5.74) is 13.7. The zero-order chi connectivity index (χ0) is 15.2. The Bertz CT molecular complexity index is 590. The second-order valence-corrected chi connectivity index (χ2v) is 5.46. The van der Waals surface area contributed by atoms with Crippen LogP contribution in [0.2, 0.25) is 0 Å². The molecule has 1 unspecified atom stereocenters. The number of hydrogen-bond donors (Lipinski definition) is 2. The molecule has 0 radical (unpaired) electrons. The van der Waals surface area contributed by atoms with Gasteiger partial charge in [0.2, 0.25) is 0 Å². The van der Waals surface area contributed by atoms with Crippen LogP contribution in [0.25, 0.3) is 0 Å². The number of nitrogens with two attached hydrogens (primary N) is 2. The summed E-state index contributed by atoms with van der Waals surface area (Å²) in [6.07, 6.45) is 0. The summed E-state index contributed by atoms with van der Waals surface area (Å²) in [4.78, 5) is 0. The molecule has 0 saturated carbocycles. The third-order valence-corrected chi connectivity index (χ3v) is 3.87. The first-order chi connectivity index (χ1) is 10.2. The van der Waals surface area contributed by atoms with Crippen LogP contribution in [0.5, 0.6) is 11.5 Å². The molecule has 0 bridgehead atoms. The second-order valence-electron chi connectivity index (χ2n) is 4.61. The average Bonchev–Trinajstić information content (AvgIpc) is 2.53. The van der Waals surface area contributed by atoms with E-state index in [2.05, 4.69) is 15.9 Å². The SMILES string of the molecule is COc1ccc(Br)c(C(N)CN)c1OCc1ccccc1. The summed E-state index contributed by atoms with van der Waals surface area (Å²) in [6.45, 7) is 0.769. The number of rotatable bonds is 6. The molecule has 0 amide bonds. The molecular formula is C16H19BrN2O2. The van der Waals surface area contributed by atoms with Gasteiger partial charge in [0.05, 0.1) is 7.11 Å². The molecule has 0 spiro atoms. The number of hydrogen-bond acceptors (Lipinski definition) is 4. The predicted octanol–water partition coefficient (Wildman–Crippen LogP) is 3.00. The summed E-state index contributed by atoms with van der Waals surface area (Å²) in [5.74, 6) is 1.28. The van der Waals surface area contributed by atoms with Gasteiger partial charge in [-0.05, 0) is 17.7 Å². The lowest BCUT2D eigenvalue weighted by molar-refractivity contribution is 0.279. The van der Waals surface area contributed by atoms with Crippen LogP contribution in [0.1, 0.15) is 17.2 Å². The average molecular weight is 351 g/mol. The smallest absolute Gasteiger partial charge is 0.167 e. The molecule has 0 aromatic heterocycles. The van der Waals surface area contributed by atoms with E-state index in [0.29, 0.717) is 24.7 Å². The van der Waals surface area contributed by atoms with Gasteiger partial charge >= 0.3 is 0 Å². The van der Waals surface area contributed by atoms with Crippen molar-refractivity contribution in [3.05, 3.63) is 58.1 Å². The molecule has 0 aliphatic carbocycles. The summed E-state index contributed by atoms with van der Waals surface area (Å²) < 4.78 is 12.2. The summed E-state index contributed by atoms with van der Waals surface area (Å²) >= 11 is 3.51. The van der Waals surface area contributed by atoms with Gasteiger partial charge in [0.1, 0.15) is 6.61 Å². The highest BCUT2D eigenvalue weighted by molar-refractivity contribution is 9.10. The van der Waals surface area contributed by atoms with Crippen molar-refractivity contribution >= 4 is 15.9 Å². The fraction of sp³-hybridized carbons (Fsp3) is 0.250. The van der Waals surface area contributed by atoms with Gasteiger partial charge in [-0.3, -0.25) is 0 Å². The van der Waals surface area contributed by atoms with Gasteiger partial charge in [0.25, 0.3) is 0 Å². The van der Waals surface area contributed by atoms with Crippen molar-refractivity contribution in [2.24, 2.45) is 11.5 Å². The maximum absolute atomic E-state index is 6.10. The summed E-state index contributed by atoms with van der Waals surface area (Å²) in [7, 11) is 1.61. The van der Waals surface area contributed by atoms with E-state index in [-0.39, 0.29) is 6.04 Å². The van der Waals surface area contributed by atoms with Crippen molar-refractivity contribution < 1.29 is 9.47 Å². The first kappa shape index (κ1) is 15.8. The Balaban J connectivity index is 2.33. The quantitative estimate of drug-likeness (QED) is 0.839. The van der Waals surface area contributed by atoms with Crippen molar-refractivity contribution in [2.75, 3.05) is 13.7 Å². The molecule has 0 heterocycles. The lowest BCUT2D eigenvalue weighted by atomic mass is 10.1. The Morgan fingerprint density at radius 3 is 2.48 bits per heavy atom. The van der Waals surface area contributed by atoms with Gasteiger partial charge in [-0.1, -0.05) is 46.3 Å². The Morgan fingerprint density at radius 1 is 1.14 bits per heavy atom. The molecule has 4 N–H and O–H groups in total. The van der Waals surface area contributed by atoms with Crippen molar-refractivity contribution in [1.29, 1.82) is 0 Å². The maximum Gasteiger partial charge on any atom is 0.167 e. The highest BCUT2D eigenvalue weighted by Crippen LogP contribution is 2.39. The Morgan fingerprint density at radius 2 is 1.86 bits per heavy atom. The minimum absolute atomic E-state index is 0.319. The molecule has 5 heteroatoms. The van der Waals surface area contributed by atoms with E-state index in [4.69, 9.17) is 20.9 Å². The second kappa shape index (κ2) is 7.45. The van der Waals surface area contributed by atoms with Gasteiger partial charge in [-0.25, -0.2) is 0 Å². The first-order valence-electron chi connectivity index (χ1n) is 6.66. The number of benzene rings is 2. The molecule has 2 aromatic rings. The molecule has 0 fully saturated rings. The van der Waals surface area contributed by atoms with Crippen LogP contribution in [0, 0.1) is 0 Å². The van der Waals surface area contributed by atoms with E-state index in [0.717, 1.165) is 15.6 Å². The Hall–Kier alpha value is -1.56. The molecule has 1 atom stereocenters.